The number of fused-ring (bicyclic) bond motifs is 1. The summed E-state index contributed by atoms with van der Waals surface area (Å²) >= 11 is 0. The molecule has 0 radical (unpaired) electrons. The zero-order valence-corrected chi connectivity index (χ0v) is 12.0. The SMILES string of the molecule is C[Si](C)(C)O[C@@H](c1ccc2cc[nH]c2c1)C(F)(F)F. The first-order valence-corrected chi connectivity index (χ1v) is 9.39. The van der Waals surface area contributed by atoms with E-state index in [0.717, 1.165) is 5.39 Å². The summed E-state index contributed by atoms with van der Waals surface area (Å²) in [5.74, 6) is 0. The van der Waals surface area contributed by atoms with E-state index in [1.807, 2.05) is 6.07 Å². The van der Waals surface area contributed by atoms with E-state index in [9.17, 15) is 13.2 Å². The van der Waals surface area contributed by atoms with Crippen LogP contribution in [0.15, 0.2) is 30.5 Å². The number of halogens is 3. The Labute approximate surface area is 110 Å². The third kappa shape index (κ3) is 3.39. The maximum Gasteiger partial charge on any atom is 0.417 e. The monoisotopic (exact) mass is 287 g/mol. The van der Waals surface area contributed by atoms with Gasteiger partial charge in [-0.2, -0.15) is 13.2 Å². The van der Waals surface area contributed by atoms with E-state index >= 15 is 0 Å². The molecule has 0 bridgehead atoms. The summed E-state index contributed by atoms with van der Waals surface area (Å²) in [7, 11) is -2.29. The summed E-state index contributed by atoms with van der Waals surface area (Å²) in [4.78, 5) is 2.92. The summed E-state index contributed by atoms with van der Waals surface area (Å²) in [5.41, 5.74) is 0.829. The largest absolute Gasteiger partial charge is 0.417 e. The molecule has 1 atom stereocenters. The van der Waals surface area contributed by atoms with Gasteiger partial charge in [0.15, 0.2) is 14.4 Å². The van der Waals surface area contributed by atoms with Gasteiger partial charge in [0.2, 0.25) is 0 Å². The second kappa shape index (κ2) is 4.68. The van der Waals surface area contributed by atoms with E-state index in [-0.39, 0.29) is 5.56 Å². The standard InChI is InChI=1S/C13H16F3NOSi/c1-19(2,3)18-12(13(14,15)16)10-5-4-9-6-7-17-11(9)8-10/h4-8,12,17H,1-3H3/t12-/m0/s1. The fraction of sp³-hybridized carbons (Fsp3) is 0.385. The van der Waals surface area contributed by atoms with Crippen molar-refractivity contribution in [1.29, 1.82) is 0 Å². The molecule has 0 aliphatic heterocycles. The topological polar surface area (TPSA) is 25.0 Å². The average Bonchev–Trinajstić information content (AvgIpc) is 2.69. The number of aromatic nitrogens is 1. The van der Waals surface area contributed by atoms with Crippen LogP contribution < -0.4 is 0 Å². The van der Waals surface area contributed by atoms with Crippen molar-refractivity contribution in [2.24, 2.45) is 0 Å². The predicted molar refractivity (Wildman–Crippen MR) is 71.5 cm³/mol. The first-order valence-electron chi connectivity index (χ1n) is 5.98. The molecule has 2 rings (SSSR count). The molecule has 0 aliphatic rings. The number of aromatic amines is 1. The Hall–Kier alpha value is -1.27. The summed E-state index contributed by atoms with van der Waals surface area (Å²) in [6.45, 7) is 5.25. The van der Waals surface area contributed by atoms with Crippen LogP contribution in [-0.2, 0) is 4.43 Å². The van der Waals surface area contributed by atoms with Gasteiger partial charge in [0.05, 0.1) is 0 Å². The van der Waals surface area contributed by atoms with Gasteiger partial charge in [0.1, 0.15) is 0 Å². The van der Waals surface area contributed by atoms with Crippen molar-refractivity contribution in [2.75, 3.05) is 0 Å². The van der Waals surface area contributed by atoms with Crippen molar-refractivity contribution < 1.29 is 17.6 Å². The van der Waals surface area contributed by atoms with E-state index in [2.05, 4.69) is 4.98 Å². The van der Waals surface area contributed by atoms with Gasteiger partial charge < -0.3 is 9.41 Å². The molecule has 0 saturated heterocycles. The second-order valence-corrected chi connectivity index (χ2v) is 9.94. The van der Waals surface area contributed by atoms with Crippen molar-refractivity contribution in [1.82, 2.24) is 4.98 Å². The Morgan fingerprint density at radius 2 is 1.84 bits per heavy atom. The molecule has 1 aromatic carbocycles. The van der Waals surface area contributed by atoms with Crippen LogP contribution in [0.4, 0.5) is 13.2 Å². The van der Waals surface area contributed by atoms with E-state index < -0.39 is 20.6 Å². The molecule has 6 heteroatoms. The average molecular weight is 287 g/mol. The molecule has 0 unspecified atom stereocenters. The molecule has 0 amide bonds. The summed E-state index contributed by atoms with van der Waals surface area (Å²) in [5, 5.41) is 0.887. The van der Waals surface area contributed by atoms with E-state index in [1.54, 1.807) is 31.9 Å². The van der Waals surface area contributed by atoms with E-state index in [0.29, 0.717) is 5.52 Å². The highest BCUT2D eigenvalue weighted by Gasteiger charge is 2.44. The minimum Gasteiger partial charge on any atom is -0.403 e. The molecule has 0 saturated carbocycles. The fourth-order valence-corrected chi connectivity index (χ4v) is 2.88. The lowest BCUT2D eigenvalue weighted by molar-refractivity contribution is -0.200. The molecule has 0 spiro atoms. The highest BCUT2D eigenvalue weighted by molar-refractivity contribution is 6.69. The number of H-pyrrole nitrogens is 1. The summed E-state index contributed by atoms with van der Waals surface area (Å²) in [6, 6.07) is 6.48. The minimum absolute atomic E-state index is 0.143. The van der Waals surface area contributed by atoms with Gasteiger partial charge in [-0.15, -0.1) is 0 Å². The van der Waals surface area contributed by atoms with Crippen molar-refractivity contribution in [2.45, 2.75) is 31.9 Å². The lowest BCUT2D eigenvalue weighted by Crippen LogP contribution is -2.34. The number of alkyl halides is 3. The first kappa shape index (κ1) is 14.1. The van der Waals surface area contributed by atoms with Crippen molar-refractivity contribution in [3.63, 3.8) is 0 Å². The molecular weight excluding hydrogens is 271 g/mol. The van der Waals surface area contributed by atoms with Gasteiger partial charge in [0, 0.05) is 11.7 Å². The van der Waals surface area contributed by atoms with Crippen molar-refractivity contribution >= 4 is 19.2 Å². The summed E-state index contributed by atoms with van der Waals surface area (Å²) < 4.78 is 44.8. The molecule has 2 nitrogen and oxygen atoms in total. The van der Waals surface area contributed by atoms with E-state index in [1.165, 1.54) is 12.1 Å². The molecule has 0 aliphatic carbocycles. The Morgan fingerprint density at radius 3 is 2.42 bits per heavy atom. The van der Waals surface area contributed by atoms with Crippen molar-refractivity contribution in [3.8, 4) is 0 Å². The van der Waals surface area contributed by atoms with Gasteiger partial charge in [0.25, 0.3) is 0 Å². The maximum atomic E-state index is 13.1. The first-order chi connectivity index (χ1) is 8.67. The van der Waals surface area contributed by atoms with Gasteiger partial charge in [-0.3, -0.25) is 0 Å². The third-order valence-electron chi connectivity index (χ3n) is 2.65. The third-order valence-corrected chi connectivity index (χ3v) is 3.59. The normalized spacial score (nSPS) is 14.8. The number of rotatable bonds is 3. The Kier molecular flexibility index (Phi) is 3.48. The zero-order chi connectivity index (χ0) is 14.3. The van der Waals surface area contributed by atoms with Crippen LogP contribution in [-0.4, -0.2) is 19.5 Å². The fourth-order valence-electron chi connectivity index (χ4n) is 1.91. The van der Waals surface area contributed by atoms with Crippen LogP contribution in [0, 0.1) is 0 Å². The molecule has 0 fully saturated rings. The molecule has 2 aromatic rings. The zero-order valence-electron chi connectivity index (χ0n) is 11.0. The number of benzene rings is 1. The number of nitrogens with one attached hydrogen (secondary N) is 1. The predicted octanol–water partition coefficient (Wildman–Crippen LogP) is 4.62. The molecule has 19 heavy (non-hydrogen) atoms. The van der Waals surface area contributed by atoms with Crippen LogP contribution in [0.1, 0.15) is 11.7 Å². The number of hydrogen-bond acceptors (Lipinski definition) is 1. The van der Waals surface area contributed by atoms with Crippen LogP contribution in [0.3, 0.4) is 0 Å². The van der Waals surface area contributed by atoms with Gasteiger partial charge in [-0.05, 0) is 42.7 Å². The highest BCUT2D eigenvalue weighted by Crippen LogP contribution is 2.38. The van der Waals surface area contributed by atoms with Crippen molar-refractivity contribution in [3.05, 3.63) is 36.0 Å². The lowest BCUT2D eigenvalue weighted by atomic mass is 10.1. The van der Waals surface area contributed by atoms with Crippen LogP contribution in [0.5, 0.6) is 0 Å². The Morgan fingerprint density at radius 1 is 1.16 bits per heavy atom. The highest BCUT2D eigenvalue weighted by atomic mass is 28.4. The van der Waals surface area contributed by atoms with Crippen LogP contribution in [0.2, 0.25) is 19.6 Å². The smallest absolute Gasteiger partial charge is 0.403 e. The minimum atomic E-state index is -4.40. The molecule has 1 N–H and O–H groups in total. The molecular formula is C13H16F3NOSi. The van der Waals surface area contributed by atoms with Gasteiger partial charge >= 0.3 is 6.18 Å². The lowest BCUT2D eigenvalue weighted by Gasteiger charge is -2.28. The van der Waals surface area contributed by atoms with Crippen LogP contribution in [0.25, 0.3) is 10.9 Å². The second-order valence-electron chi connectivity index (χ2n) is 5.48. The van der Waals surface area contributed by atoms with E-state index in [4.69, 9.17) is 4.43 Å². The Bertz CT molecular complexity index is 571. The molecule has 1 heterocycles. The van der Waals surface area contributed by atoms with Gasteiger partial charge in [-0.25, -0.2) is 0 Å². The van der Waals surface area contributed by atoms with Gasteiger partial charge in [-0.1, -0.05) is 12.1 Å². The quantitative estimate of drug-likeness (QED) is 0.818. The maximum absolute atomic E-state index is 13.1. The summed E-state index contributed by atoms with van der Waals surface area (Å²) in [6.07, 6.45) is -4.55. The molecule has 1 aromatic heterocycles. The van der Waals surface area contributed by atoms with Crippen LogP contribution >= 0.6 is 0 Å². The molecule has 104 valence electrons. The Balaban J connectivity index is 2.42. The number of hydrogen-bond donors (Lipinski definition) is 1.